The second-order valence-electron chi connectivity index (χ2n) is 6.65. The third kappa shape index (κ3) is 4.23. The summed E-state index contributed by atoms with van der Waals surface area (Å²) < 4.78 is 28.4. The number of nitrogens with zero attached hydrogens (tertiary/aromatic N) is 3. The molecule has 0 bridgehead atoms. The molecule has 3 heterocycles. The summed E-state index contributed by atoms with van der Waals surface area (Å²) in [6.45, 7) is 1.44. The van der Waals surface area contributed by atoms with Crippen molar-refractivity contribution >= 4 is 49.9 Å². The molecule has 0 atom stereocenters. The van der Waals surface area contributed by atoms with Gasteiger partial charge in [0.1, 0.15) is 0 Å². The first-order chi connectivity index (χ1) is 13.9. The molecule has 0 unspecified atom stereocenters. The van der Waals surface area contributed by atoms with Gasteiger partial charge < -0.3 is 5.32 Å². The third-order valence-electron chi connectivity index (χ3n) is 4.74. The summed E-state index contributed by atoms with van der Waals surface area (Å²) in [5, 5.41) is 5.02. The largest absolute Gasteiger partial charge is 0.348 e. The number of carbonyl (C=O) groups excluding carboxylic acids is 1. The first-order valence-electron chi connectivity index (χ1n) is 9.11. The summed E-state index contributed by atoms with van der Waals surface area (Å²) in [4.78, 5) is 17.4. The lowest BCUT2D eigenvalue weighted by atomic mass is 10.2. The summed E-state index contributed by atoms with van der Waals surface area (Å²) in [5.74, 6) is -0.278. The lowest BCUT2D eigenvalue weighted by Gasteiger charge is -2.15. The molecule has 1 saturated heterocycles. The van der Waals surface area contributed by atoms with Gasteiger partial charge in [-0.05, 0) is 36.6 Å². The van der Waals surface area contributed by atoms with Crippen LogP contribution in [0.1, 0.15) is 24.1 Å². The highest BCUT2D eigenvalue weighted by molar-refractivity contribution is 7.89. The average Bonchev–Trinajstić information content (AvgIpc) is 3.44. The molecule has 3 aromatic rings. The second-order valence-corrected chi connectivity index (χ2v) is 9.82. The molecule has 1 aromatic carbocycles. The molecule has 0 saturated carbocycles. The minimum Gasteiger partial charge on any atom is -0.348 e. The number of amides is 1. The Morgan fingerprint density at radius 1 is 1.24 bits per heavy atom. The number of thiazole rings is 1. The van der Waals surface area contributed by atoms with E-state index in [9.17, 15) is 13.2 Å². The Hall–Kier alpha value is -2.20. The van der Waals surface area contributed by atoms with Gasteiger partial charge in [-0.1, -0.05) is 23.7 Å². The van der Waals surface area contributed by atoms with Crippen LogP contribution in [0.5, 0.6) is 0 Å². The normalized spacial score (nSPS) is 15.5. The maximum atomic E-state index is 12.5. The van der Waals surface area contributed by atoms with Gasteiger partial charge in [0.05, 0.1) is 10.6 Å². The van der Waals surface area contributed by atoms with Crippen LogP contribution in [0.25, 0.3) is 11.0 Å². The van der Waals surface area contributed by atoms with Gasteiger partial charge in [0, 0.05) is 37.3 Å². The molecule has 1 aliphatic heterocycles. The van der Waals surface area contributed by atoms with Crippen molar-refractivity contribution in [3.8, 4) is 0 Å². The molecule has 10 heteroatoms. The molecule has 2 aromatic heterocycles. The van der Waals surface area contributed by atoms with Crippen LogP contribution in [0.15, 0.2) is 46.8 Å². The van der Waals surface area contributed by atoms with Gasteiger partial charge in [-0.25, -0.2) is 13.4 Å². The number of halogens is 1. The number of imidazole rings is 1. The predicted octanol–water partition coefficient (Wildman–Crippen LogP) is 3.16. The Kier molecular flexibility index (Phi) is 5.73. The molecule has 0 spiro atoms. The van der Waals surface area contributed by atoms with Gasteiger partial charge >= 0.3 is 0 Å². The van der Waals surface area contributed by atoms with Crippen LogP contribution in [0.2, 0.25) is 5.15 Å². The number of hydrogen-bond acceptors (Lipinski definition) is 5. The molecule has 1 N–H and O–H groups in total. The Bertz CT molecular complexity index is 1160. The lowest BCUT2D eigenvalue weighted by Crippen LogP contribution is -2.27. The molecule has 0 aliphatic carbocycles. The van der Waals surface area contributed by atoms with Crippen LogP contribution in [-0.4, -0.2) is 41.1 Å². The molecule has 1 fully saturated rings. The van der Waals surface area contributed by atoms with Crippen LogP contribution >= 0.6 is 22.9 Å². The predicted molar refractivity (Wildman–Crippen MR) is 113 cm³/mol. The number of rotatable bonds is 6. The van der Waals surface area contributed by atoms with Gasteiger partial charge in [0.25, 0.3) is 0 Å². The Labute approximate surface area is 177 Å². The van der Waals surface area contributed by atoms with E-state index in [0.29, 0.717) is 30.5 Å². The summed E-state index contributed by atoms with van der Waals surface area (Å²) in [6.07, 6.45) is 6.67. The van der Waals surface area contributed by atoms with E-state index in [2.05, 4.69) is 10.3 Å². The molecule has 4 rings (SSSR count). The van der Waals surface area contributed by atoms with E-state index in [1.54, 1.807) is 30.3 Å². The van der Waals surface area contributed by atoms with E-state index in [4.69, 9.17) is 11.6 Å². The average molecular weight is 451 g/mol. The zero-order valence-electron chi connectivity index (χ0n) is 15.4. The van der Waals surface area contributed by atoms with Crippen LogP contribution in [0.3, 0.4) is 0 Å². The fourth-order valence-corrected chi connectivity index (χ4v) is 5.71. The van der Waals surface area contributed by atoms with Crippen molar-refractivity contribution in [2.75, 3.05) is 13.1 Å². The number of fused-ring (bicyclic) bond motifs is 1. The van der Waals surface area contributed by atoms with Crippen molar-refractivity contribution in [3.63, 3.8) is 0 Å². The fraction of sp³-hybridized carbons (Fsp3) is 0.263. The number of hydrogen-bond donors (Lipinski definition) is 1. The number of aromatic nitrogens is 2. The smallest absolute Gasteiger partial charge is 0.244 e. The number of benzene rings is 1. The van der Waals surface area contributed by atoms with Crippen molar-refractivity contribution in [2.24, 2.45) is 0 Å². The van der Waals surface area contributed by atoms with E-state index in [-0.39, 0.29) is 10.8 Å². The van der Waals surface area contributed by atoms with Crippen molar-refractivity contribution in [1.29, 1.82) is 0 Å². The summed E-state index contributed by atoms with van der Waals surface area (Å²) in [7, 11) is -3.42. The number of carbonyl (C=O) groups is 1. The molecule has 1 amide bonds. The third-order valence-corrected chi connectivity index (χ3v) is 7.69. The highest BCUT2D eigenvalue weighted by Crippen LogP contribution is 2.23. The molecule has 7 nitrogen and oxygen atoms in total. The van der Waals surface area contributed by atoms with Gasteiger partial charge in [0.2, 0.25) is 15.9 Å². The first-order valence-corrected chi connectivity index (χ1v) is 11.8. The summed E-state index contributed by atoms with van der Waals surface area (Å²) >= 11 is 7.57. The summed E-state index contributed by atoms with van der Waals surface area (Å²) in [6, 6.07) is 6.61. The van der Waals surface area contributed by atoms with E-state index in [0.717, 1.165) is 23.4 Å². The number of nitrogens with one attached hydrogen (secondary N) is 1. The van der Waals surface area contributed by atoms with E-state index in [1.807, 2.05) is 16.0 Å². The zero-order valence-corrected chi connectivity index (χ0v) is 17.8. The van der Waals surface area contributed by atoms with Gasteiger partial charge in [-0.3, -0.25) is 9.20 Å². The van der Waals surface area contributed by atoms with E-state index in [1.165, 1.54) is 21.7 Å². The topological polar surface area (TPSA) is 83.8 Å². The Balaban J connectivity index is 1.37. The molecular weight excluding hydrogens is 432 g/mol. The second kappa shape index (κ2) is 8.27. The van der Waals surface area contributed by atoms with Gasteiger partial charge in [-0.15, -0.1) is 11.3 Å². The Morgan fingerprint density at radius 2 is 1.97 bits per heavy atom. The van der Waals surface area contributed by atoms with Crippen molar-refractivity contribution in [3.05, 3.63) is 58.3 Å². The molecule has 1 aliphatic rings. The highest BCUT2D eigenvalue weighted by Gasteiger charge is 2.26. The van der Waals surface area contributed by atoms with Crippen LogP contribution in [0, 0.1) is 0 Å². The van der Waals surface area contributed by atoms with E-state index < -0.39 is 10.0 Å². The first kappa shape index (κ1) is 20.1. The van der Waals surface area contributed by atoms with Gasteiger partial charge in [0.15, 0.2) is 10.1 Å². The maximum absolute atomic E-state index is 12.5. The maximum Gasteiger partial charge on any atom is 0.244 e. The van der Waals surface area contributed by atoms with Gasteiger partial charge in [-0.2, -0.15) is 4.31 Å². The lowest BCUT2D eigenvalue weighted by molar-refractivity contribution is -0.116. The van der Waals surface area contributed by atoms with E-state index >= 15 is 0 Å². The van der Waals surface area contributed by atoms with Crippen molar-refractivity contribution in [1.82, 2.24) is 19.0 Å². The monoisotopic (exact) mass is 450 g/mol. The minimum absolute atomic E-state index is 0.278. The standard InChI is InChI=1S/C19H19ClN4O3S2/c20-18-16(24-11-12-28-19(24)22-18)7-8-17(25)21-13-14-3-5-15(6-4-14)29(26,27)23-9-1-2-10-23/h3-8,11-12H,1-2,9-10,13H2,(H,21,25). The SMILES string of the molecule is O=C(C=Cc1c(Cl)nc2sccn12)NCc1ccc(S(=O)(=O)N2CCCC2)cc1. The molecule has 29 heavy (non-hydrogen) atoms. The molecule has 0 radical (unpaired) electrons. The number of sulfonamides is 1. The quantitative estimate of drug-likeness (QED) is 0.584. The molecule has 152 valence electrons. The Morgan fingerprint density at radius 3 is 2.69 bits per heavy atom. The van der Waals surface area contributed by atoms with Crippen LogP contribution in [0.4, 0.5) is 0 Å². The summed E-state index contributed by atoms with van der Waals surface area (Å²) in [5.41, 5.74) is 1.46. The minimum atomic E-state index is -3.42. The van der Waals surface area contributed by atoms with Crippen LogP contribution in [-0.2, 0) is 21.4 Å². The highest BCUT2D eigenvalue weighted by atomic mass is 35.5. The fourth-order valence-electron chi connectivity index (χ4n) is 3.19. The van der Waals surface area contributed by atoms with Crippen LogP contribution < -0.4 is 5.32 Å². The molecular formula is C19H19ClN4O3S2. The van der Waals surface area contributed by atoms with Crippen molar-refractivity contribution < 1.29 is 13.2 Å². The zero-order chi connectivity index (χ0) is 20.4. The van der Waals surface area contributed by atoms with Crippen molar-refractivity contribution in [2.45, 2.75) is 24.3 Å².